The van der Waals surface area contributed by atoms with Gasteiger partial charge in [-0.3, -0.25) is 0 Å². The van der Waals surface area contributed by atoms with Gasteiger partial charge in [0.2, 0.25) is 0 Å². The number of benzene rings is 3. The van der Waals surface area contributed by atoms with Gasteiger partial charge in [0, 0.05) is 6.08 Å². The quantitative estimate of drug-likeness (QED) is 0.396. The molecule has 0 fully saturated rings. The van der Waals surface area contributed by atoms with E-state index in [9.17, 15) is 4.79 Å². The Hall–Kier alpha value is -4.04. The fourth-order valence-corrected chi connectivity index (χ4v) is 2.92. The minimum absolute atomic E-state index is 0.0712. The monoisotopic (exact) mass is 399 g/mol. The molecule has 0 aliphatic rings. The van der Waals surface area contributed by atoms with Crippen molar-refractivity contribution >= 4 is 12.0 Å². The van der Waals surface area contributed by atoms with Crippen molar-refractivity contribution in [2.45, 2.75) is 6.10 Å². The van der Waals surface area contributed by atoms with Crippen LogP contribution in [0.2, 0.25) is 0 Å². The average Bonchev–Trinajstić information content (AvgIpc) is 2.81. The van der Waals surface area contributed by atoms with Crippen molar-refractivity contribution in [3.05, 3.63) is 102 Å². The maximum Gasteiger partial charge on any atom is 0.331 e. The van der Waals surface area contributed by atoms with Crippen molar-refractivity contribution in [1.82, 2.24) is 0 Å². The fourth-order valence-electron chi connectivity index (χ4n) is 2.92. The molecular formula is C25H21NO4. The van der Waals surface area contributed by atoms with E-state index in [2.05, 4.69) is 0 Å². The molecule has 150 valence electrons. The maximum absolute atomic E-state index is 12.5. The molecule has 3 aromatic rings. The molecule has 0 heterocycles. The summed E-state index contributed by atoms with van der Waals surface area (Å²) in [5.74, 6) is 0.482. The molecule has 0 atom stereocenters. The van der Waals surface area contributed by atoms with Gasteiger partial charge < -0.3 is 14.2 Å². The molecule has 30 heavy (non-hydrogen) atoms. The summed E-state index contributed by atoms with van der Waals surface area (Å²) in [4.78, 5) is 12.5. The number of carbonyl (C=O) groups excluding carboxylic acids is 1. The largest absolute Gasteiger partial charge is 0.493 e. The van der Waals surface area contributed by atoms with Crippen LogP contribution in [0.1, 0.15) is 22.8 Å². The standard InChI is InChI=1S/C25H21NO4/c1-28-23-18-19(12-14-22(23)29-17-16-26)13-15-24(27)30-25(20-8-4-2-5-9-20)21-10-6-3-7-11-21/h2-15,18,25H,17H2,1H3/b15-13+. The molecule has 3 aromatic carbocycles. The summed E-state index contributed by atoms with van der Waals surface area (Å²) in [6.45, 7) is -0.0712. The topological polar surface area (TPSA) is 68.6 Å². The lowest BCUT2D eigenvalue weighted by atomic mass is 10.0. The molecule has 0 aromatic heterocycles. The highest BCUT2D eigenvalue weighted by Crippen LogP contribution is 2.29. The first-order valence-corrected chi connectivity index (χ1v) is 9.37. The number of nitriles is 1. The van der Waals surface area contributed by atoms with Crippen LogP contribution in [-0.2, 0) is 9.53 Å². The van der Waals surface area contributed by atoms with Crippen LogP contribution >= 0.6 is 0 Å². The highest BCUT2D eigenvalue weighted by atomic mass is 16.5. The summed E-state index contributed by atoms with van der Waals surface area (Å²) in [5, 5.41) is 8.65. The van der Waals surface area contributed by atoms with E-state index in [4.69, 9.17) is 19.5 Å². The van der Waals surface area contributed by atoms with Crippen LogP contribution in [0, 0.1) is 11.3 Å². The molecule has 5 nitrogen and oxygen atoms in total. The summed E-state index contributed by atoms with van der Waals surface area (Å²) in [7, 11) is 1.51. The minimum Gasteiger partial charge on any atom is -0.493 e. The lowest BCUT2D eigenvalue weighted by Crippen LogP contribution is -2.10. The predicted molar refractivity (Wildman–Crippen MR) is 114 cm³/mol. The van der Waals surface area contributed by atoms with Gasteiger partial charge in [0.1, 0.15) is 6.07 Å². The van der Waals surface area contributed by atoms with Gasteiger partial charge in [-0.1, -0.05) is 66.7 Å². The average molecular weight is 399 g/mol. The van der Waals surface area contributed by atoms with Gasteiger partial charge in [0.05, 0.1) is 7.11 Å². The van der Waals surface area contributed by atoms with E-state index < -0.39 is 12.1 Å². The second-order valence-corrected chi connectivity index (χ2v) is 6.33. The summed E-state index contributed by atoms with van der Waals surface area (Å²) in [6.07, 6.45) is 2.52. The van der Waals surface area contributed by atoms with E-state index in [1.54, 1.807) is 24.3 Å². The second-order valence-electron chi connectivity index (χ2n) is 6.33. The van der Waals surface area contributed by atoms with Crippen LogP contribution < -0.4 is 9.47 Å². The van der Waals surface area contributed by atoms with Gasteiger partial charge in [-0.2, -0.15) is 5.26 Å². The predicted octanol–water partition coefficient (Wildman–Crippen LogP) is 4.94. The fraction of sp³-hybridized carbons (Fsp3) is 0.120. The Morgan fingerprint density at radius 3 is 2.17 bits per heavy atom. The van der Waals surface area contributed by atoms with Gasteiger partial charge >= 0.3 is 5.97 Å². The van der Waals surface area contributed by atoms with Crippen LogP contribution in [0.5, 0.6) is 11.5 Å². The first-order chi connectivity index (χ1) is 14.7. The first kappa shape index (κ1) is 20.7. The van der Waals surface area contributed by atoms with Gasteiger partial charge in [0.25, 0.3) is 0 Å². The Bertz CT molecular complexity index is 1000. The third kappa shape index (κ3) is 5.49. The Morgan fingerprint density at radius 2 is 1.60 bits per heavy atom. The Balaban J connectivity index is 1.76. The highest BCUT2D eigenvalue weighted by Gasteiger charge is 2.17. The number of carbonyl (C=O) groups is 1. The molecule has 0 aliphatic carbocycles. The zero-order chi connectivity index (χ0) is 21.2. The number of hydrogen-bond donors (Lipinski definition) is 0. The van der Waals surface area contributed by atoms with Crippen LogP contribution in [0.15, 0.2) is 84.9 Å². The number of ether oxygens (including phenoxy) is 3. The molecule has 0 saturated heterocycles. The smallest absolute Gasteiger partial charge is 0.331 e. The molecule has 0 spiro atoms. The number of nitrogens with zero attached hydrogens (tertiary/aromatic N) is 1. The lowest BCUT2D eigenvalue weighted by Gasteiger charge is -2.18. The maximum atomic E-state index is 12.5. The zero-order valence-electron chi connectivity index (χ0n) is 16.5. The second kappa shape index (κ2) is 10.5. The summed E-state index contributed by atoms with van der Waals surface area (Å²) < 4.78 is 16.4. The van der Waals surface area contributed by atoms with E-state index in [1.807, 2.05) is 66.7 Å². The zero-order valence-corrected chi connectivity index (χ0v) is 16.5. The normalized spacial score (nSPS) is 10.6. The molecule has 0 amide bonds. The molecule has 0 bridgehead atoms. The number of rotatable bonds is 8. The van der Waals surface area contributed by atoms with Crippen molar-refractivity contribution in [3.8, 4) is 17.6 Å². The third-order valence-electron chi connectivity index (χ3n) is 4.33. The SMILES string of the molecule is COc1cc(/C=C/C(=O)OC(c2ccccc2)c2ccccc2)ccc1OCC#N. The van der Waals surface area contributed by atoms with Gasteiger partial charge in [-0.15, -0.1) is 0 Å². The summed E-state index contributed by atoms with van der Waals surface area (Å²) in [6, 6.07) is 26.3. The molecule has 3 rings (SSSR count). The van der Waals surface area contributed by atoms with Gasteiger partial charge in [-0.05, 0) is 34.9 Å². The van der Waals surface area contributed by atoms with Crippen LogP contribution in [0.25, 0.3) is 6.08 Å². The minimum atomic E-state index is -0.499. The summed E-state index contributed by atoms with van der Waals surface area (Å²) >= 11 is 0. The van der Waals surface area contributed by atoms with E-state index in [1.165, 1.54) is 13.2 Å². The highest BCUT2D eigenvalue weighted by molar-refractivity contribution is 5.87. The Labute approximate surface area is 175 Å². The van der Waals surface area contributed by atoms with Crippen LogP contribution in [0.3, 0.4) is 0 Å². The number of esters is 1. The molecule has 0 saturated carbocycles. The van der Waals surface area contributed by atoms with E-state index in [0.717, 1.165) is 16.7 Å². The molecule has 0 unspecified atom stereocenters. The molecule has 0 aliphatic heterocycles. The molecule has 5 heteroatoms. The molecular weight excluding hydrogens is 378 g/mol. The van der Waals surface area contributed by atoms with E-state index >= 15 is 0 Å². The van der Waals surface area contributed by atoms with E-state index in [-0.39, 0.29) is 6.61 Å². The van der Waals surface area contributed by atoms with Crippen molar-refractivity contribution in [1.29, 1.82) is 5.26 Å². The van der Waals surface area contributed by atoms with Crippen molar-refractivity contribution < 1.29 is 19.0 Å². The van der Waals surface area contributed by atoms with Crippen LogP contribution in [-0.4, -0.2) is 19.7 Å². The first-order valence-electron chi connectivity index (χ1n) is 9.37. The van der Waals surface area contributed by atoms with Crippen molar-refractivity contribution in [2.75, 3.05) is 13.7 Å². The molecule has 0 radical (unpaired) electrons. The van der Waals surface area contributed by atoms with Crippen molar-refractivity contribution in [2.24, 2.45) is 0 Å². The van der Waals surface area contributed by atoms with E-state index in [0.29, 0.717) is 11.5 Å². The number of hydrogen-bond acceptors (Lipinski definition) is 5. The molecule has 0 N–H and O–H groups in total. The Kier molecular flexibility index (Phi) is 7.23. The third-order valence-corrected chi connectivity index (χ3v) is 4.33. The number of methoxy groups -OCH3 is 1. The van der Waals surface area contributed by atoms with Crippen LogP contribution in [0.4, 0.5) is 0 Å². The van der Waals surface area contributed by atoms with Gasteiger partial charge in [-0.25, -0.2) is 4.79 Å². The van der Waals surface area contributed by atoms with Crippen molar-refractivity contribution in [3.63, 3.8) is 0 Å². The van der Waals surface area contributed by atoms with Gasteiger partial charge in [0.15, 0.2) is 24.2 Å². The summed E-state index contributed by atoms with van der Waals surface area (Å²) in [5.41, 5.74) is 2.53. The Morgan fingerprint density at radius 1 is 0.967 bits per heavy atom. The lowest BCUT2D eigenvalue weighted by molar-refractivity contribution is -0.141.